The summed E-state index contributed by atoms with van der Waals surface area (Å²) in [6.45, 7) is 14.0. The summed E-state index contributed by atoms with van der Waals surface area (Å²) in [5.41, 5.74) is 2.39. The number of fused-ring (bicyclic) bond motifs is 1. The molecule has 5 nitrogen and oxygen atoms in total. The summed E-state index contributed by atoms with van der Waals surface area (Å²) in [7, 11) is 0. The van der Waals surface area contributed by atoms with E-state index in [0.29, 0.717) is 40.0 Å². The first kappa shape index (κ1) is 25.5. The third-order valence-electron chi connectivity index (χ3n) is 8.27. The average Bonchev–Trinajstić information content (AvgIpc) is 2.82. The van der Waals surface area contributed by atoms with Crippen molar-refractivity contribution in [2.75, 3.05) is 45.8 Å². The zero-order valence-corrected chi connectivity index (χ0v) is 22.3. The molecule has 2 unspecified atom stereocenters. The lowest BCUT2D eigenvalue weighted by Crippen LogP contribution is -2.52. The highest BCUT2D eigenvalue weighted by atomic mass is 35.5. The number of hydrogen-bond donors (Lipinski definition) is 0. The molecule has 1 aromatic carbocycles. The quantitative estimate of drug-likeness (QED) is 0.476. The van der Waals surface area contributed by atoms with Crippen LogP contribution in [0.5, 0.6) is 0 Å². The van der Waals surface area contributed by atoms with Crippen LogP contribution in [0.3, 0.4) is 0 Å². The van der Waals surface area contributed by atoms with Crippen molar-refractivity contribution in [2.45, 2.75) is 40.5 Å². The normalized spacial score (nSPS) is 24.0. The van der Waals surface area contributed by atoms with Crippen LogP contribution in [0.15, 0.2) is 29.8 Å². The number of halogens is 2. The Kier molecular flexibility index (Phi) is 7.66. The van der Waals surface area contributed by atoms with E-state index >= 15 is 0 Å². The van der Waals surface area contributed by atoms with Crippen LogP contribution in [-0.2, 0) is 4.79 Å². The Bertz CT molecular complexity index is 967. The molecule has 1 aliphatic heterocycles. The summed E-state index contributed by atoms with van der Waals surface area (Å²) in [5.74, 6) is 1.63. The number of nitrogens with zero attached hydrogens (tertiary/aromatic N) is 3. The highest BCUT2D eigenvalue weighted by molar-refractivity contribution is 6.42. The van der Waals surface area contributed by atoms with Crippen molar-refractivity contribution in [3.8, 4) is 0 Å². The van der Waals surface area contributed by atoms with Gasteiger partial charge in [0.2, 0.25) is 5.91 Å². The maximum atomic E-state index is 13.0. The lowest BCUT2D eigenvalue weighted by atomic mass is 9.49. The topological polar surface area (TPSA) is 43.9 Å². The number of hydrogen-bond acceptors (Lipinski definition) is 3. The van der Waals surface area contributed by atoms with Gasteiger partial charge in [0, 0.05) is 57.3 Å². The number of carbonyl (C=O) groups excluding carboxylic acids is 2. The SMILES string of the molecule is CC(C)C(=O)N(CCN1CCN(C(=O)c2ccc(Cl)c(Cl)c2)CC1)CC1=CCC2CC1C2(C)C. The van der Waals surface area contributed by atoms with Crippen molar-refractivity contribution in [1.82, 2.24) is 14.7 Å². The lowest BCUT2D eigenvalue weighted by molar-refractivity contribution is -0.134. The first-order valence-corrected chi connectivity index (χ1v) is 13.3. The molecule has 1 saturated heterocycles. The number of rotatable bonds is 7. The van der Waals surface area contributed by atoms with Gasteiger partial charge in [0.15, 0.2) is 0 Å². The van der Waals surface area contributed by atoms with Crippen molar-refractivity contribution in [1.29, 1.82) is 0 Å². The van der Waals surface area contributed by atoms with Crippen molar-refractivity contribution in [2.24, 2.45) is 23.2 Å². The molecule has 186 valence electrons. The molecule has 1 heterocycles. The highest BCUT2D eigenvalue weighted by Gasteiger charge is 2.51. The van der Waals surface area contributed by atoms with E-state index in [-0.39, 0.29) is 17.7 Å². The van der Waals surface area contributed by atoms with E-state index in [9.17, 15) is 9.59 Å². The minimum absolute atomic E-state index is 0.00740. The van der Waals surface area contributed by atoms with Gasteiger partial charge in [-0.15, -0.1) is 0 Å². The molecule has 0 radical (unpaired) electrons. The van der Waals surface area contributed by atoms with E-state index in [2.05, 4.69) is 29.7 Å². The molecule has 0 N–H and O–H groups in total. The van der Waals surface area contributed by atoms with Crippen molar-refractivity contribution < 1.29 is 9.59 Å². The molecule has 0 spiro atoms. The minimum Gasteiger partial charge on any atom is -0.337 e. The van der Waals surface area contributed by atoms with Crippen LogP contribution < -0.4 is 0 Å². The number of carbonyl (C=O) groups is 2. The fourth-order valence-corrected chi connectivity index (χ4v) is 6.06. The van der Waals surface area contributed by atoms with E-state index in [1.165, 1.54) is 12.0 Å². The summed E-state index contributed by atoms with van der Waals surface area (Å²) >= 11 is 12.1. The van der Waals surface area contributed by atoms with Gasteiger partial charge >= 0.3 is 0 Å². The molecule has 5 rings (SSSR count). The van der Waals surface area contributed by atoms with Gasteiger partial charge in [-0.1, -0.05) is 62.5 Å². The van der Waals surface area contributed by atoms with Crippen LogP contribution in [0.4, 0.5) is 0 Å². The van der Waals surface area contributed by atoms with E-state index in [1.807, 2.05) is 18.7 Å². The van der Waals surface area contributed by atoms with Gasteiger partial charge in [-0.2, -0.15) is 0 Å². The van der Waals surface area contributed by atoms with Crippen molar-refractivity contribution >= 4 is 35.0 Å². The van der Waals surface area contributed by atoms with Gasteiger partial charge in [0.1, 0.15) is 0 Å². The lowest BCUT2D eigenvalue weighted by Gasteiger charge is -2.57. The van der Waals surface area contributed by atoms with Crippen LogP contribution in [0.1, 0.15) is 50.9 Å². The largest absolute Gasteiger partial charge is 0.337 e. The van der Waals surface area contributed by atoms with Gasteiger partial charge in [-0.05, 0) is 48.3 Å². The summed E-state index contributed by atoms with van der Waals surface area (Å²) in [6, 6.07) is 5.03. The van der Waals surface area contributed by atoms with Gasteiger partial charge in [0.25, 0.3) is 5.91 Å². The van der Waals surface area contributed by atoms with Crippen LogP contribution >= 0.6 is 23.2 Å². The summed E-state index contributed by atoms with van der Waals surface area (Å²) in [6.07, 6.45) is 4.83. The second-order valence-electron chi connectivity index (χ2n) is 11.0. The van der Waals surface area contributed by atoms with E-state index in [0.717, 1.165) is 45.1 Å². The standard InChI is InChI=1S/C27H37Cl2N3O2/c1-18(2)25(33)32(17-20-5-7-21-16-22(20)27(21,3)4)14-11-30-9-12-31(13-10-30)26(34)19-6-8-23(28)24(29)15-19/h5-6,8,15,18,21-22H,7,9-14,16-17H2,1-4H3. The molecule has 2 bridgehead atoms. The fourth-order valence-electron chi connectivity index (χ4n) is 5.76. The van der Waals surface area contributed by atoms with Crippen LogP contribution in [0, 0.1) is 23.2 Å². The Hall–Kier alpha value is -1.56. The maximum Gasteiger partial charge on any atom is 0.253 e. The smallest absolute Gasteiger partial charge is 0.253 e. The number of piperazine rings is 1. The Balaban J connectivity index is 1.31. The number of amides is 2. The van der Waals surface area contributed by atoms with Crippen molar-refractivity contribution in [3.63, 3.8) is 0 Å². The Morgan fingerprint density at radius 1 is 1.12 bits per heavy atom. The predicted octanol–water partition coefficient (Wildman–Crippen LogP) is 5.23. The number of benzene rings is 1. The summed E-state index contributed by atoms with van der Waals surface area (Å²) in [5, 5.41) is 0.850. The maximum absolute atomic E-state index is 13.0. The molecule has 2 amide bonds. The van der Waals surface area contributed by atoms with Gasteiger partial charge < -0.3 is 9.80 Å². The summed E-state index contributed by atoms with van der Waals surface area (Å²) < 4.78 is 0. The molecule has 2 fully saturated rings. The molecule has 34 heavy (non-hydrogen) atoms. The molecule has 3 aliphatic carbocycles. The van der Waals surface area contributed by atoms with Crippen LogP contribution in [-0.4, -0.2) is 72.3 Å². The van der Waals surface area contributed by atoms with E-state index < -0.39 is 0 Å². The van der Waals surface area contributed by atoms with E-state index in [4.69, 9.17) is 23.2 Å². The second-order valence-corrected chi connectivity index (χ2v) is 11.8. The highest BCUT2D eigenvalue weighted by Crippen LogP contribution is 2.59. The Morgan fingerprint density at radius 2 is 1.82 bits per heavy atom. The number of allylic oxidation sites excluding steroid dienone is 1. The summed E-state index contributed by atoms with van der Waals surface area (Å²) in [4.78, 5) is 32.2. The first-order valence-electron chi connectivity index (χ1n) is 12.5. The second kappa shape index (κ2) is 10.2. The first-order chi connectivity index (χ1) is 16.1. The molecule has 4 aliphatic rings. The molecule has 1 aromatic rings. The third kappa shape index (κ3) is 5.17. The molecule has 0 aromatic heterocycles. The molecule has 7 heteroatoms. The van der Waals surface area contributed by atoms with Crippen molar-refractivity contribution in [3.05, 3.63) is 45.5 Å². The van der Waals surface area contributed by atoms with Gasteiger partial charge in [-0.25, -0.2) is 0 Å². The molecule has 1 saturated carbocycles. The molecule has 2 atom stereocenters. The Morgan fingerprint density at radius 3 is 2.41 bits per heavy atom. The van der Waals surface area contributed by atoms with Crippen LogP contribution in [0.2, 0.25) is 10.0 Å². The minimum atomic E-state index is -0.0134. The average molecular weight is 507 g/mol. The van der Waals surface area contributed by atoms with Crippen LogP contribution in [0.25, 0.3) is 0 Å². The Labute approximate surface area is 214 Å². The van der Waals surface area contributed by atoms with Gasteiger partial charge in [-0.3, -0.25) is 14.5 Å². The third-order valence-corrected chi connectivity index (χ3v) is 9.01. The zero-order valence-electron chi connectivity index (χ0n) is 20.8. The van der Waals surface area contributed by atoms with E-state index in [1.54, 1.807) is 18.2 Å². The predicted molar refractivity (Wildman–Crippen MR) is 138 cm³/mol. The molecular weight excluding hydrogens is 469 g/mol. The zero-order chi connectivity index (χ0) is 24.6. The fraction of sp³-hybridized carbons (Fsp3) is 0.630. The van der Waals surface area contributed by atoms with Gasteiger partial charge in [0.05, 0.1) is 10.0 Å². The monoisotopic (exact) mass is 505 g/mol. The molecular formula is C27H37Cl2N3O2.